The van der Waals surface area contributed by atoms with Crippen LogP contribution in [0.5, 0.6) is 11.5 Å². The van der Waals surface area contributed by atoms with Crippen molar-refractivity contribution in [1.82, 2.24) is 10.2 Å². The predicted octanol–water partition coefficient (Wildman–Crippen LogP) is 3.95. The van der Waals surface area contributed by atoms with Crippen LogP contribution in [0.1, 0.15) is 30.4 Å². The molecule has 2 aromatic carbocycles. The summed E-state index contributed by atoms with van der Waals surface area (Å²) in [6.45, 7) is 1.68. The van der Waals surface area contributed by atoms with Crippen molar-refractivity contribution in [2.75, 3.05) is 27.3 Å². The fourth-order valence-electron chi connectivity index (χ4n) is 3.85. The number of carbonyl (C=O) groups is 2. The van der Waals surface area contributed by atoms with Crippen molar-refractivity contribution in [1.29, 1.82) is 0 Å². The van der Waals surface area contributed by atoms with Gasteiger partial charge in [-0.3, -0.25) is 9.59 Å². The number of carbonyl (C=O) groups excluding carboxylic acids is 2. The van der Waals surface area contributed by atoms with E-state index in [2.05, 4.69) is 21.2 Å². The van der Waals surface area contributed by atoms with E-state index in [1.54, 1.807) is 14.2 Å². The molecule has 0 aliphatic carbocycles. The van der Waals surface area contributed by atoms with Gasteiger partial charge in [0.15, 0.2) is 11.5 Å². The van der Waals surface area contributed by atoms with Crippen LogP contribution >= 0.6 is 15.9 Å². The molecule has 6 nitrogen and oxygen atoms in total. The average molecular weight is 489 g/mol. The summed E-state index contributed by atoms with van der Waals surface area (Å²) in [6.07, 6.45) is 2.65. The number of hydrogen-bond acceptors (Lipinski definition) is 4. The second-order valence-corrected chi connectivity index (χ2v) is 8.53. The predicted molar refractivity (Wildman–Crippen MR) is 123 cm³/mol. The first-order valence-electron chi connectivity index (χ1n) is 10.5. The number of ether oxygens (including phenoxy) is 2. The van der Waals surface area contributed by atoms with E-state index in [0.717, 1.165) is 16.5 Å². The van der Waals surface area contributed by atoms with Gasteiger partial charge in [-0.25, -0.2) is 0 Å². The van der Waals surface area contributed by atoms with Crippen LogP contribution < -0.4 is 14.8 Å². The molecule has 2 aromatic rings. The van der Waals surface area contributed by atoms with Crippen LogP contribution in [-0.2, 0) is 22.6 Å². The maximum Gasteiger partial charge on any atom is 0.223 e. The second kappa shape index (κ2) is 11.2. The number of benzene rings is 2. The Morgan fingerprint density at radius 2 is 1.77 bits per heavy atom. The summed E-state index contributed by atoms with van der Waals surface area (Å²) < 4.78 is 11.5. The minimum atomic E-state index is -0.0678. The molecule has 1 aliphatic rings. The first kappa shape index (κ1) is 23.1. The largest absolute Gasteiger partial charge is 0.493 e. The Kier molecular flexibility index (Phi) is 8.35. The molecule has 0 aromatic heterocycles. The smallest absolute Gasteiger partial charge is 0.223 e. The van der Waals surface area contributed by atoms with Gasteiger partial charge in [0.1, 0.15) is 0 Å². The van der Waals surface area contributed by atoms with Crippen LogP contribution in [0.25, 0.3) is 0 Å². The molecule has 3 rings (SSSR count). The number of piperidine rings is 1. The quantitative estimate of drug-likeness (QED) is 0.610. The number of hydrogen-bond donors (Lipinski definition) is 1. The van der Waals surface area contributed by atoms with E-state index in [9.17, 15) is 9.59 Å². The number of amides is 2. The SMILES string of the molecule is COc1cc(CNC(=O)C2CCN(C(=O)CCc3ccccc3)CC2)cc(Br)c1OC. The lowest BCUT2D eigenvalue weighted by atomic mass is 9.95. The molecule has 2 amide bonds. The Hall–Kier alpha value is -2.54. The van der Waals surface area contributed by atoms with Crippen LogP contribution in [0, 0.1) is 5.92 Å². The van der Waals surface area contributed by atoms with Crippen molar-refractivity contribution in [3.63, 3.8) is 0 Å². The molecule has 1 saturated heterocycles. The highest BCUT2D eigenvalue weighted by Gasteiger charge is 2.27. The third-order valence-electron chi connectivity index (χ3n) is 5.65. The molecular weight excluding hydrogens is 460 g/mol. The van der Waals surface area contributed by atoms with Crippen molar-refractivity contribution in [2.24, 2.45) is 5.92 Å². The molecule has 0 unspecified atom stereocenters. The number of rotatable bonds is 8. The lowest BCUT2D eigenvalue weighted by molar-refractivity contribution is -0.135. The van der Waals surface area contributed by atoms with E-state index in [1.165, 1.54) is 5.56 Å². The summed E-state index contributed by atoms with van der Waals surface area (Å²) in [7, 11) is 3.17. The highest BCUT2D eigenvalue weighted by molar-refractivity contribution is 9.10. The van der Waals surface area contributed by atoms with E-state index >= 15 is 0 Å². The van der Waals surface area contributed by atoms with Gasteiger partial charge in [0.05, 0.1) is 18.7 Å². The number of nitrogens with one attached hydrogen (secondary N) is 1. The van der Waals surface area contributed by atoms with E-state index in [1.807, 2.05) is 47.4 Å². The van der Waals surface area contributed by atoms with Gasteiger partial charge in [0.2, 0.25) is 11.8 Å². The van der Waals surface area contributed by atoms with Gasteiger partial charge in [0, 0.05) is 32.0 Å². The highest BCUT2D eigenvalue weighted by Crippen LogP contribution is 2.36. The Morgan fingerprint density at radius 1 is 1.06 bits per heavy atom. The van der Waals surface area contributed by atoms with Gasteiger partial charge in [0.25, 0.3) is 0 Å². The molecular formula is C24H29BrN2O4. The summed E-state index contributed by atoms with van der Waals surface area (Å²) in [4.78, 5) is 27.0. The summed E-state index contributed by atoms with van der Waals surface area (Å²) >= 11 is 3.48. The number of likely N-dealkylation sites (tertiary alicyclic amines) is 1. The average Bonchev–Trinajstić information content (AvgIpc) is 2.81. The third kappa shape index (κ3) is 6.23. The van der Waals surface area contributed by atoms with Gasteiger partial charge in [-0.2, -0.15) is 0 Å². The number of methoxy groups -OCH3 is 2. The Bertz CT molecular complexity index is 896. The maximum absolute atomic E-state index is 12.6. The van der Waals surface area contributed by atoms with Crippen LogP contribution in [-0.4, -0.2) is 44.0 Å². The van der Waals surface area contributed by atoms with Gasteiger partial charge in [-0.05, 0) is 58.5 Å². The molecule has 7 heteroatoms. The molecule has 0 saturated carbocycles. The maximum atomic E-state index is 12.6. The Labute approximate surface area is 192 Å². The summed E-state index contributed by atoms with van der Waals surface area (Å²) in [6, 6.07) is 13.8. The third-order valence-corrected chi connectivity index (χ3v) is 6.24. The molecule has 1 fully saturated rings. The second-order valence-electron chi connectivity index (χ2n) is 7.67. The molecule has 1 heterocycles. The lowest BCUT2D eigenvalue weighted by Crippen LogP contribution is -2.43. The molecule has 1 aliphatic heterocycles. The molecule has 0 bridgehead atoms. The summed E-state index contributed by atoms with van der Waals surface area (Å²) in [5, 5.41) is 3.02. The van der Waals surface area contributed by atoms with Crippen molar-refractivity contribution < 1.29 is 19.1 Å². The van der Waals surface area contributed by atoms with E-state index in [4.69, 9.17) is 9.47 Å². The van der Waals surface area contributed by atoms with Crippen LogP contribution in [0.3, 0.4) is 0 Å². The Morgan fingerprint density at radius 3 is 2.42 bits per heavy atom. The first-order chi connectivity index (χ1) is 15.0. The van der Waals surface area contributed by atoms with Crippen molar-refractivity contribution in [2.45, 2.75) is 32.2 Å². The number of aryl methyl sites for hydroxylation is 1. The van der Waals surface area contributed by atoms with Crippen LogP contribution in [0.4, 0.5) is 0 Å². The summed E-state index contributed by atoms with van der Waals surface area (Å²) in [5.74, 6) is 1.37. The fourth-order valence-corrected chi connectivity index (χ4v) is 4.50. The molecule has 0 spiro atoms. The van der Waals surface area contributed by atoms with Crippen LogP contribution in [0.15, 0.2) is 46.9 Å². The zero-order chi connectivity index (χ0) is 22.2. The normalized spacial score (nSPS) is 14.2. The monoisotopic (exact) mass is 488 g/mol. The van der Waals surface area contributed by atoms with E-state index in [-0.39, 0.29) is 17.7 Å². The van der Waals surface area contributed by atoms with E-state index < -0.39 is 0 Å². The lowest BCUT2D eigenvalue weighted by Gasteiger charge is -2.31. The number of halogens is 1. The minimum Gasteiger partial charge on any atom is -0.493 e. The fraction of sp³-hybridized carbons (Fsp3) is 0.417. The van der Waals surface area contributed by atoms with Gasteiger partial charge >= 0.3 is 0 Å². The number of nitrogens with zero attached hydrogens (tertiary/aromatic N) is 1. The topological polar surface area (TPSA) is 67.9 Å². The zero-order valence-electron chi connectivity index (χ0n) is 18.0. The van der Waals surface area contributed by atoms with Gasteiger partial charge in [-0.1, -0.05) is 30.3 Å². The summed E-state index contributed by atoms with van der Waals surface area (Å²) in [5.41, 5.74) is 2.10. The van der Waals surface area contributed by atoms with Gasteiger partial charge in [-0.15, -0.1) is 0 Å². The van der Waals surface area contributed by atoms with Crippen molar-refractivity contribution in [3.8, 4) is 11.5 Å². The minimum absolute atomic E-state index is 0.0299. The molecule has 31 heavy (non-hydrogen) atoms. The molecule has 166 valence electrons. The first-order valence-corrected chi connectivity index (χ1v) is 11.3. The molecule has 1 N–H and O–H groups in total. The highest BCUT2D eigenvalue weighted by atomic mass is 79.9. The van der Waals surface area contributed by atoms with E-state index in [0.29, 0.717) is 50.4 Å². The van der Waals surface area contributed by atoms with Crippen molar-refractivity contribution in [3.05, 3.63) is 58.1 Å². The molecule has 0 atom stereocenters. The molecule has 0 radical (unpaired) electrons. The van der Waals surface area contributed by atoms with Crippen molar-refractivity contribution >= 4 is 27.7 Å². The van der Waals surface area contributed by atoms with Crippen LogP contribution in [0.2, 0.25) is 0 Å². The Balaban J connectivity index is 1.45. The van der Waals surface area contributed by atoms with Gasteiger partial charge < -0.3 is 19.7 Å². The standard InChI is InChI=1S/C24H29BrN2O4/c1-30-21-15-18(14-20(25)23(21)31-2)16-26-24(29)19-10-12-27(13-11-19)22(28)9-8-17-6-4-3-5-7-17/h3-7,14-15,19H,8-13,16H2,1-2H3,(H,26,29). The zero-order valence-corrected chi connectivity index (χ0v) is 19.6.